The second kappa shape index (κ2) is 12.8. The van der Waals surface area contributed by atoms with Crippen molar-refractivity contribution in [2.45, 2.75) is 64.6 Å². The molecule has 5 unspecified atom stereocenters. The summed E-state index contributed by atoms with van der Waals surface area (Å²) in [5.74, 6) is -2.87. The number of aliphatic hydroxyl groups is 1. The van der Waals surface area contributed by atoms with Crippen molar-refractivity contribution in [1.29, 1.82) is 0 Å². The molecule has 11 nitrogen and oxygen atoms in total. The standard InChI is InChI=1S/C29H33NO10/c1-4-36-27(33)22-11-10-21(40-22)19-15-37-23-13-18(12-20(31)24(23)26(19)32)39-28(34)25(16(2)3)30-29(35)38-14-17-8-6-5-7-9-17/h5-11,15-16,18,20,23-25,31H,4,12-14H2,1-3H3,(H,30,35). The highest BCUT2D eigenvalue weighted by Gasteiger charge is 2.47. The van der Waals surface area contributed by atoms with Gasteiger partial charge in [-0.25, -0.2) is 14.4 Å². The predicted octanol–water partition coefficient (Wildman–Crippen LogP) is 3.40. The number of ether oxygens (including phenoxy) is 4. The molecule has 2 aromatic rings. The number of benzene rings is 1. The minimum Gasteiger partial charge on any atom is -0.496 e. The molecule has 4 rings (SSSR count). The van der Waals surface area contributed by atoms with Crippen LogP contribution in [0.25, 0.3) is 5.57 Å². The third-order valence-corrected chi connectivity index (χ3v) is 6.78. The molecular formula is C29H33NO10. The SMILES string of the molecule is CCOC(=O)c1ccc(C2=COC3CC(OC(=O)C(NC(=O)OCc4ccccc4)C(C)C)CC(O)C3C2=O)o1. The van der Waals surface area contributed by atoms with Gasteiger partial charge in [-0.1, -0.05) is 44.2 Å². The van der Waals surface area contributed by atoms with Crippen molar-refractivity contribution in [3.05, 3.63) is 65.8 Å². The predicted molar refractivity (Wildman–Crippen MR) is 140 cm³/mol. The molecule has 1 aliphatic heterocycles. The van der Waals surface area contributed by atoms with Gasteiger partial charge in [-0.05, 0) is 30.5 Å². The Bertz CT molecular complexity index is 1250. The van der Waals surface area contributed by atoms with Crippen molar-refractivity contribution in [1.82, 2.24) is 5.32 Å². The van der Waals surface area contributed by atoms with Gasteiger partial charge in [0.05, 0.1) is 30.5 Å². The highest BCUT2D eigenvalue weighted by molar-refractivity contribution is 6.21. The molecule has 5 atom stereocenters. The number of furan rings is 1. The van der Waals surface area contributed by atoms with Crippen LogP contribution in [0.15, 0.2) is 53.1 Å². The number of rotatable bonds is 9. The Morgan fingerprint density at radius 2 is 1.82 bits per heavy atom. The van der Waals surface area contributed by atoms with Crippen LogP contribution in [0.2, 0.25) is 0 Å². The summed E-state index contributed by atoms with van der Waals surface area (Å²) in [6, 6.07) is 11.0. The van der Waals surface area contributed by atoms with Crippen LogP contribution in [0.4, 0.5) is 4.79 Å². The first-order valence-electron chi connectivity index (χ1n) is 13.2. The van der Waals surface area contributed by atoms with Gasteiger partial charge < -0.3 is 33.8 Å². The lowest BCUT2D eigenvalue weighted by Crippen LogP contribution is -2.51. The number of ketones is 1. The van der Waals surface area contributed by atoms with E-state index in [1.54, 1.807) is 20.8 Å². The van der Waals surface area contributed by atoms with Crippen molar-refractivity contribution < 1.29 is 47.6 Å². The summed E-state index contributed by atoms with van der Waals surface area (Å²) in [5.41, 5.74) is 0.891. The van der Waals surface area contributed by atoms with Crippen LogP contribution in [0.1, 0.15) is 55.5 Å². The molecule has 1 aromatic carbocycles. The number of carbonyl (C=O) groups is 4. The number of carbonyl (C=O) groups excluding carboxylic acids is 4. The van der Waals surface area contributed by atoms with E-state index >= 15 is 0 Å². The minimum absolute atomic E-state index is 0.00475. The van der Waals surface area contributed by atoms with Gasteiger partial charge in [0.15, 0.2) is 5.78 Å². The number of alkyl carbamates (subject to hydrolysis) is 1. The lowest BCUT2D eigenvalue weighted by atomic mass is 9.76. The van der Waals surface area contributed by atoms with E-state index in [-0.39, 0.29) is 49.1 Å². The number of hydrogen-bond donors (Lipinski definition) is 2. The van der Waals surface area contributed by atoms with Crippen molar-refractivity contribution in [3.63, 3.8) is 0 Å². The number of fused-ring (bicyclic) bond motifs is 1. The first-order valence-corrected chi connectivity index (χ1v) is 13.2. The normalized spacial score (nSPS) is 22.8. The summed E-state index contributed by atoms with van der Waals surface area (Å²) in [6.45, 7) is 5.40. The summed E-state index contributed by atoms with van der Waals surface area (Å²) >= 11 is 0. The largest absolute Gasteiger partial charge is 0.496 e. The van der Waals surface area contributed by atoms with Crippen molar-refractivity contribution in [2.24, 2.45) is 11.8 Å². The Morgan fingerprint density at radius 1 is 1.07 bits per heavy atom. The molecule has 1 amide bonds. The van der Waals surface area contributed by atoms with Gasteiger partial charge in [0.1, 0.15) is 30.6 Å². The molecule has 1 fully saturated rings. The van der Waals surface area contributed by atoms with Crippen LogP contribution in [0, 0.1) is 11.8 Å². The quantitative estimate of drug-likeness (QED) is 0.348. The molecule has 1 aromatic heterocycles. The zero-order chi connectivity index (χ0) is 28.8. The highest BCUT2D eigenvalue weighted by atomic mass is 16.6. The summed E-state index contributed by atoms with van der Waals surface area (Å²) < 4.78 is 27.0. The van der Waals surface area contributed by atoms with Crippen molar-refractivity contribution >= 4 is 29.4 Å². The van der Waals surface area contributed by atoms with Gasteiger partial charge >= 0.3 is 18.0 Å². The average molecular weight is 556 g/mol. The van der Waals surface area contributed by atoms with E-state index in [1.165, 1.54) is 18.4 Å². The van der Waals surface area contributed by atoms with Gasteiger partial charge in [0.25, 0.3) is 0 Å². The van der Waals surface area contributed by atoms with E-state index in [9.17, 15) is 24.3 Å². The van der Waals surface area contributed by atoms with Gasteiger partial charge in [0.2, 0.25) is 5.76 Å². The number of hydrogen-bond acceptors (Lipinski definition) is 10. The number of nitrogens with one attached hydrogen (secondary N) is 1. The van der Waals surface area contributed by atoms with Gasteiger partial charge in [-0.15, -0.1) is 0 Å². The second-order valence-electron chi connectivity index (χ2n) is 10.0. The van der Waals surface area contributed by atoms with Gasteiger partial charge in [0, 0.05) is 12.8 Å². The van der Waals surface area contributed by atoms with Gasteiger partial charge in [-0.2, -0.15) is 0 Å². The average Bonchev–Trinajstić information content (AvgIpc) is 3.41. The molecule has 0 radical (unpaired) electrons. The molecular weight excluding hydrogens is 522 g/mol. The zero-order valence-electron chi connectivity index (χ0n) is 22.5. The van der Waals surface area contributed by atoms with Gasteiger partial charge in [-0.3, -0.25) is 4.79 Å². The summed E-state index contributed by atoms with van der Waals surface area (Å²) in [5, 5.41) is 13.4. The fraction of sp³-hybridized carbons (Fsp3) is 0.448. The smallest absolute Gasteiger partial charge is 0.408 e. The Labute approximate surface area is 231 Å². The monoisotopic (exact) mass is 555 g/mol. The molecule has 1 saturated carbocycles. The van der Waals surface area contributed by atoms with E-state index in [2.05, 4.69) is 5.32 Å². The summed E-state index contributed by atoms with van der Waals surface area (Å²) in [4.78, 5) is 50.5. The molecule has 0 spiro atoms. The third kappa shape index (κ3) is 6.71. The van der Waals surface area contributed by atoms with Crippen molar-refractivity contribution in [3.8, 4) is 0 Å². The number of Topliss-reactive ketones (excluding diaryl/α,β-unsaturated/α-hetero) is 1. The van der Waals surface area contributed by atoms with Crippen molar-refractivity contribution in [2.75, 3.05) is 6.61 Å². The zero-order valence-corrected chi connectivity index (χ0v) is 22.5. The van der Waals surface area contributed by atoms with Crippen LogP contribution < -0.4 is 5.32 Å². The number of esters is 2. The van der Waals surface area contributed by atoms with E-state index < -0.39 is 54.1 Å². The molecule has 214 valence electrons. The molecule has 2 heterocycles. The summed E-state index contributed by atoms with van der Waals surface area (Å²) in [7, 11) is 0. The lowest BCUT2D eigenvalue weighted by molar-refractivity contribution is -0.164. The van der Waals surface area contributed by atoms with E-state index in [4.69, 9.17) is 23.4 Å². The second-order valence-corrected chi connectivity index (χ2v) is 10.0. The molecule has 0 bridgehead atoms. The highest BCUT2D eigenvalue weighted by Crippen LogP contribution is 2.38. The molecule has 0 saturated heterocycles. The van der Waals surface area contributed by atoms with E-state index in [0.29, 0.717) is 0 Å². The third-order valence-electron chi connectivity index (χ3n) is 6.78. The number of amides is 1. The Morgan fingerprint density at radius 3 is 2.52 bits per heavy atom. The van der Waals surface area contributed by atoms with Crippen LogP contribution in [-0.4, -0.2) is 59.9 Å². The van der Waals surface area contributed by atoms with E-state index in [1.807, 2.05) is 30.3 Å². The topological polar surface area (TPSA) is 151 Å². The van der Waals surface area contributed by atoms with Crippen LogP contribution in [0.3, 0.4) is 0 Å². The molecule has 40 heavy (non-hydrogen) atoms. The fourth-order valence-corrected chi connectivity index (χ4v) is 4.74. The van der Waals surface area contributed by atoms with E-state index in [0.717, 1.165) is 5.56 Å². The fourth-order valence-electron chi connectivity index (χ4n) is 4.74. The maximum atomic E-state index is 13.2. The summed E-state index contributed by atoms with van der Waals surface area (Å²) in [6.07, 6.45) is -1.99. The first-order chi connectivity index (χ1) is 19.2. The van der Waals surface area contributed by atoms with Crippen LogP contribution in [0.5, 0.6) is 0 Å². The maximum Gasteiger partial charge on any atom is 0.408 e. The Kier molecular flexibility index (Phi) is 9.26. The number of allylic oxidation sites excluding steroid dienone is 1. The maximum absolute atomic E-state index is 13.2. The van der Waals surface area contributed by atoms with Crippen LogP contribution >= 0.6 is 0 Å². The molecule has 1 aliphatic carbocycles. The molecule has 2 aliphatic rings. The Balaban J connectivity index is 1.36. The number of aliphatic hydroxyl groups excluding tert-OH is 1. The Hall–Kier alpha value is -4.12. The van der Waals surface area contributed by atoms with Crippen LogP contribution in [-0.2, 0) is 35.1 Å². The minimum atomic E-state index is -1.16. The first kappa shape index (κ1) is 28.9. The molecule has 11 heteroatoms. The lowest BCUT2D eigenvalue weighted by Gasteiger charge is -2.40. The molecule has 2 N–H and O–H groups in total.